The van der Waals surface area contributed by atoms with Crippen molar-refractivity contribution in [1.29, 1.82) is 0 Å². The van der Waals surface area contributed by atoms with Gasteiger partial charge in [0, 0.05) is 48.9 Å². The highest BCUT2D eigenvalue weighted by atomic mass is 16.5. The Labute approximate surface area is 217 Å². The minimum absolute atomic E-state index is 0.344. The molecule has 2 N–H and O–H groups in total. The predicted octanol–water partition coefficient (Wildman–Crippen LogP) is 2.53. The summed E-state index contributed by atoms with van der Waals surface area (Å²) in [5.41, 5.74) is 3.14. The van der Waals surface area contributed by atoms with E-state index in [4.69, 9.17) is 14.7 Å². The van der Waals surface area contributed by atoms with E-state index in [-0.39, 0.29) is 0 Å². The van der Waals surface area contributed by atoms with Crippen LogP contribution in [0.25, 0.3) is 10.8 Å². The molecule has 37 heavy (non-hydrogen) atoms. The molecule has 1 aromatic heterocycles. The monoisotopic (exact) mass is 502 g/mol. The minimum Gasteiger partial charge on any atom is -0.480 e. The number of likely N-dealkylation sites (tertiary alicyclic amines) is 1. The van der Waals surface area contributed by atoms with Gasteiger partial charge >= 0.3 is 12.0 Å². The molecule has 194 valence electrons. The van der Waals surface area contributed by atoms with Gasteiger partial charge in [-0.1, -0.05) is 36.4 Å². The van der Waals surface area contributed by atoms with E-state index in [1.807, 2.05) is 4.90 Å². The molecule has 0 aliphatic carbocycles. The lowest BCUT2D eigenvalue weighted by Gasteiger charge is -2.38. The van der Waals surface area contributed by atoms with Crippen molar-refractivity contribution in [3.63, 3.8) is 0 Å². The molecule has 2 saturated heterocycles. The molecule has 0 saturated carbocycles. The number of piperazine rings is 1. The van der Waals surface area contributed by atoms with Crippen molar-refractivity contribution in [2.24, 2.45) is 0 Å². The molecule has 0 radical (unpaired) electrons. The van der Waals surface area contributed by atoms with E-state index in [0.29, 0.717) is 50.7 Å². The molecular weight excluding hydrogens is 468 g/mol. The molecule has 3 aliphatic rings. The Hall–Kier alpha value is -3.43. The van der Waals surface area contributed by atoms with E-state index in [1.165, 1.54) is 22.9 Å². The normalized spacial score (nSPS) is 22.3. The Morgan fingerprint density at radius 2 is 2.00 bits per heavy atom. The topological polar surface area (TPSA) is 94.1 Å². The Kier molecular flexibility index (Phi) is 6.56. The molecule has 2 fully saturated rings. The molecule has 0 unspecified atom stereocenters. The number of hydrogen-bond donors (Lipinski definition) is 2. The Morgan fingerprint density at radius 1 is 1.14 bits per heavy atom. The molecule has 9 heteroatoms. The lowest BCUT2D eigenvalue weighted by Crippen LogP contribution is -2.56. The summed E-state index contributed by atoms with van der Waals surface area (Å²) in [6.07, 6.45) is 3.01. The highest BCUT2D eigenvalue weighted by molar-refractivity contribution is 5.94. The van der Waals surface area contributed by atoms with Gasteiger partial charge in [-0.3, -0.25) is 0 Å². The first-order valence-corrected chi connectivity index (χ1v) is 13.2. The van der Waals surface area contributed by atoms with Crippen molar-refractivity contribution >= 4 is 28.2 Å². The third-order valence-corrected chi connectivity index (χ3v) is 8.01. The van der Waals surface area contributed by atoms with Gasteiger partial charge in [0.2, 0.25) is 0 Å². The molecule has 4 heterocycles. The molecule has 2 aromatic carbocycles. The van der Waals surface area contributed by atoms with Gasteiger partial charge in [-0.25, -0.2) is 4.79 Å². The first-order valence-electron chi connectivity index (χ1n) is 13.2. The quantitative estimate of drug-likeness (QED) is 0.527. The summed E-state index contributed by atoms with van der Waals surface area (Å²) < 4.78 is 6.19. The second kappa shape index (κ2) is 10.1. The number of fused-ring (bicyclic) bond motifs is 2. The maximum atomic E-state index is 12.1. The molecule has 3 aromatic rings. The zero-order valence-electron chi connectivity index (χ0n) is 21.3. The van der Waals surface area contributed by atoms with Crippen molar-refractivity contribution in [3.8, 4) is 6.01 Å². The predicted molar refractivity (Wildman–Crippen MR) is 144 cm³/mol. The van der Waals surface area contributed by atoms with E-state index in [9.17, 15) is 9.90 Å². The highest BCUT2D eigenvalue weighted by Crippen LogP contribution is 2.34. The number of carbonyl (C=O) groups is 1. The van der Waals surface area contributed by atoms with Crippen LogP contribution in [0.15, 0.2) is 42.5 Å². The van der Waals surface area contributed by atoms with Crippen LogP contribution in [0.3, 0.4) is 0 Å². The number of hydrogen-bond acceptors (Lipinski definition) is 8. The average molecular weight is 503 g/mol. The summed E-state index contributed by atoms with van der Waals surface area (Å²) >= 11 is 0. The molecule has 6 rings (SSSR count). The van der Waals surface area contributed by atoms with Gasteiger partial charge in [0.05, 0.1) is 12.2 Å². The summed E-state index contributed by atoms with van der Waals surface area (Å²) in [7, 11) is 2.13. The standard InChI is InChI=1S/C28H34N6O3/c1-32-13-5-8-20(32)18-37-28-30-23-17-33(24-10-4-7-19-6-2-3-9-21(19)24)14-11-22(23)26(31-28)34-15-12-29-16-25(34)27(35)36/h2-4,6-7,9-10,20,25,29H,5,8,11-18H2,1H3,(H,35,36)/t20-,25+/m0/s1. The van der Waals surface area contributed by atoms with Gasteiger partial charge in [0.1, 0.15) is 18.5 Å². The first kappa shape index (κ1) is 23.9. The third kappa shape index (κ3) is 4.69. The van der Waals surface area contributed by atoms with E-state index in [2.05, 4.69) is 64.6 Å². The fraction of sp³-hybridized carbons (Fsp3) is 0.464. The smallest absolute Gasteiger partial charge is 0.327 e. The second-order valence-corrected chi connectivity index (χ2v) is 10.3. The number of anilines is 2. The number of nitrogens with zero attached hydrogens (tertiary/aromatic N) is 5. The van der Waals surface area contributed by atoms with Gasteiger partial charge in [-0.05, 0) is 44.3 Å². The van der Waals surface area contributed by atoms with Crippen LogP contribution >= 0.6 is 0 Å². The number of aromatic nitrogens is 2. The van der Waals surface area contributed by atoms with E-state index in [1.54, 1.807) is 0 Å². The molecule has 0 bridgehead atoms. The molecule has 0 spiro atoms. The first-order chi connectivity index (χ1) is 18.1. The van der Waals surface area contributed by atoms with Crippen LogP contribution in [0, 0.1) is 0 Å². The Morgan fingerprint density at radius 3 is 2.84 bits per heavy atom. The number of carboxylic acids is 1. The fourth-order valence-corrected chi connectivity index (χ4v) is 5.92. The number of likely N-dealkylation sites (N-methyl/N-ethyl adjacent to an activating group) is 1. The van der Waals surface area contributed by atoms with Crippen molar-refractivity contribution in [2.45, 2.75) is 37.9 Å². The number of rotatable bonds is 6. The van der Waals surface area contributed by atoms with Crippen LogP contribution < -0.4 is 19.9 Å². The van der Waals surface area contributed by atoms with Gasteiger partial charge < -0.3 is 29.9 Å². The van der Waals surface area contributed by atoms with Crippen molar-refractivity contribution in [1.82, 2.24) is 20.2 Å². The van der Waals surface area contributed by atoms with E-state index >= 15 is 0 Å². The van der Waals surface area contributed by atoms with Crippen molar-refractivity contribution < 1.29 is 14.6 Å². The molecule has 3 aliphatic heterocycles. The molecule has 9 nitrogen and oxygen atoms in total. The zero-order chi connectivity index (χ0) is 25.4. The Bertz CT molecular complexity index is 1290. The highest BCUT2D eigenvalue weighted by Gasteiger charge is 2.34. The maximum Gasteiger partial charge on any atom is 0.327 e. The van der Waals surface area contributed by atoms with Crippen LogP contribution in [0.2, 0.25) is 0 Å². The number of ether oxygens (including phenoxy) is 1. The summed E-state index contributed by atoms with van der Waals surface area (Å²) in [6, 6.07) is 14.9. The van der Waals surface area contributed by atoms with Crippen LogP contribution in [0.4, 0.5) is 11.5 Å². The average Bonchev–Trinajstić information content (AvgIpc) is 3.35. The minimum atomic E-state index is -0.845. The van der Waals surface area contributed by atoms with Crippen LogP contribution in [-0.2, 0) is 17.8 Å². The van der Waals surface area contributed by atoms with Crippen LogP contribution in [-0.4, -0.2) is 84.4 Å². The molecule has 0 amide bonds. The summed E-state index contributed by atoms with van der Waals surface area (Å²) in [4.78, 5) is 28.5. The summed E-state index contributed by atoms with van der Waals surface area (Å²) in [5.74, 6) is -0.131. The maximum absolute atomic E-state index is 12.1. The van der Waals surface area contributed by atoms with Gasteiger partial charge in [0.25, 0.3) is 0 Å². The fourth-order valence-electron chi connectivity index (χ4n) is 5.92. The largest absolute Gasteiger partial charge is 0.480 e. The zero-order valence-corrected chi connectivity index (χ0v) is 21.3. The van der Waals surface area contributed by atoms with E-state index in [0.717, 1.165) is 37.2 Å². The lowest BCUT2D eigenvalue weighted by atomic mass is 10.0. The van der Waals surface area contributed by atoms with Crippen molar-refractivity contribution in [3.05, 3.63) is 53.7 Å². The third-order valence-electron chi connectivity index (χ3n) is 8.01. The number of benzene rings is 2. The SMILES string of the molecule is CN1CCC[C@H]1COc1nc2c(c(N3CCNC[C@@H]3C(=O)O)n1)CCN(c1cccc3ccccc13)C2. The molecule has 2 atom stereocenters. The van der Waals surface area contributed by atoms with Crippen LogP contribution in [0.1, 0.15) is 24.1 Å². The van der Waals surface area contributed by atoms with Gasteiger partial charge in [0.15, 0.2) is 0 Å². The van der Waals surface area contributed by atoms with Gasteiger partial charge in [-0.15, -0.1) is 0 Å². The van der Waals surface area contributed by atoms with Crippen molar-refractivity contribution in [2.75, 3.05) is 56.2 Å². The second-order valence-electron chi connectivity index (χ2n) is 10.3. The van der Waals surface area contributed by atoms with Gasteiger partial charge in [-0.2, -0.15) is 9.97 Å². The summed E-state index contributed by atoms with van der Waals surface area (Å²) in [5, 5.41) is 15.6. The molecular formula is C28H34N6O3. The van der Waals surface area contributed by atoms with Crippen LogP contribution in [0.5, 0.6) is 6.01 Å². The number of carboxylic acid groups (broad SMARTS) is 1. The lowest BCUT2D eigenvalue weighted by molar-refractivity contribution is -0.138. The van der Waals surface area contributed by atoms with E-state index < -0.39 is 12.0 Å². The Balaban J connectivity index is 1.36. The number of aliphatic carboxylic acids is 1. The number of nitrogens with one attached hydrogen (secondary N) is 1. The summed E-state index contributed by atoms with van der Waals surface area (Å²) in [6.45, 7) is 4.74.